The fourth-order valence-corrected chi connectivity index (χ4v) is 3.70. The second-order valence-corrected chi connectivity index (χ2v) is 7.17. The number of halogens is 1. The maximum absolute atomic E-state index is 11.8. The number of carbonyl (C=O) groups excluding carboxylic acids is 1. The Morgan fingerprint density at radius 2 is 2.11 bits per heavy atom. The van der Waals surface area contributed by atoms with Crippen LogP contribution in [0.5, 0.6) is 0 Å². The number of anilines is 1. The highest BCUT2D eigenvalue weighted by atomic mass is 79.9. The molecular weight excluding hydrogens is 328 g/mol. The van der Waals surface area contributed by atoms with Crippen LogP contribution in [-0.4, -0.2) is 34.2 Å². The first kappa shape index (κ1) is 14.7. The highest BCUT2D eigenvalue weighted by molar-refractivity contribution is 9.10. The van der Waals surface area contributed by atoms with Crippen molar-refractivity contribution in [2.75, 3.05) is 23.4 Å². The Labute approximate surface area is 123 Å². The third kappa shape index (κ3) is 5.04. The fourth-order valence-electron chi connectivity index (χ4n) is 2.01. The van der Waals surface area contributed by atoms with Gasteiger partial charge < -0.3 is 10.6 Å². The van der Waals surface area contributed by atoms with Gasteiger partial charge in [0.15, 0.2) is 0 Å². The van der Waals surface area contributed by atoms with E-state index < -0.39 is 10.8 Å². The molecule has 2 rings (SSSR count). The monoisotopic (exact) mass is 344 g/mol. The van der Waals surface area contributed by atoms with Crippen molar-refractivity contribution in [2.45, 2.75) is 18.9 Å². The van der Waals surface area contributed by atoms with Gasteiger partial charge in [0.25, 0.3) is 0 Å². The average molecular weight is 345 g/mol. The quantitative estimate of drug-likeness (QED) is 0.876. The number of hydrogen-bond donors (Lipinski definition) is 2. The zero-order chi connectivity index (χ0) is 13.7. The normalized spacial score (nSPS) is 23.0. The van der Waals surface area contributed by atoms with Gasteiger partial charge in [-0.1, -0.05) is 22.0 Å². The summed E-state index contributed by atoms with van der Waals surface area (Å²) >= 11 is 3.36. The summed E-state index contributed by atoms with van der Waals surface area (Å²) < 4.78 is 12.2. The Bertz CT molecular complexity index is 471. The molecule has 4 nitrogen and oxygen atoms in total. The number of nitrogens with one attached hydrogen (secondary N) is 2. The van der Waals surface area contributed by atoms with Gasteiger partial charge >= 0.3 is 0 Å². The topological polar surface area (TPSA) is 58.2 Å². The summed E-state index contributed by atoms with van der Waals surface area (Å²) in [7, 11) is -0.655. The minimum absolute atomic E-state index is 0.0511. The molecule has 104 valence electrons. The number of carbonyl (C=O) groups is 1. The molecular formula is C13H17BrN2O2S. The van der Waals surface area contributed by atoms with Gasteiger partial charge in [-0.05, 0) is 31.0 Å². The van der Waals surface area contributed by atoms with E-state index in [0.717, 1.165) is 34.5 Å². The summed E-state index contributed by atoms with van der Waals surface area (Å²) in [5, 5.41) is 6.06. The molecule has 6 heteroatoms. The molecule has 1 aliphatic heterocycles. The van der Waals surface area contributed by atoms with Crippen LogP contribution in [-0.2, 0) is 15.6 Å². The minimum atomic E-state index is -0.655. The third-order valence-corrected chi connectivity index (χ3v) is 4.92. The van der Waals surface area contributed by atoms with E-state index in [2.05, 4.69) is 26.6 Å². The lowest BCUT2D eigenvalue weighted by atomic mass is 10.1. The molecule has 1 aliphatic rings. The largest absolute Gasteiger partial charge is 0.325 e. The molecule has 19 heavy (non-hydrogen) atoms. The molecule has 0 aliphatic carbocycles. The summed E-state index contributed by atoms with van der Waals surface area (Å²) in [4.78, 5) is 11.8. The Kier molecular flexibility index (Phi) is 5.54. The molecule has 0 radical (unpaired) electrons. The highest BCUT2D eigenvalue weighted by Gasteiger charge is 2.17. The van der Waals surface area contributed by atoms with E-state index in [0.29, 0.717) is 12.6 Å². The van der Waals surface area contributed by atoms with E-state index in [1.54, 1.807) is 0 Å². The molecule has 1 heterocycles. The molecule has 1 fully saturated rings. The molecule has 0 spiro atoms. The predicted octanol–water partition coefficient (Wildman–Crippen LogP) is 1.89. The van der Waals surface area contributed by atoms with Crippen LogP contribution in [0.1, 0.15) is 12.8 Å². The maximum Gasteiger partial charge on any atom is 0.238 e. The first-order chi connectivity index (χ1) is 9.13. The zero-order valence-electron chi connectivity index (χ0n) is 10.5. The van der Waals surface area contributed by atoms with Gasteiger partial charge in [-0.15, -0.1) is 0 Å². The predicted molar refractivity (Wildman–Crippen MR) is 81.7 cm³/mol. The van der Waals surface area contributed by atoms with Crippen LogP contribution < -0.4 is 10.6 Å². The van der Waals surface area contributed by atoms with Crippen LogP contribution in [0.3, 0.4) is 0 Å². The smallest absolute Gasteiger partial charge is 0.238 e. The van der Waals surface area contributed by atoms with Gasteiger partial charge in [0.05, 0.1) is 6.54 Å². The van der Waals surface area contributed by atoms with Gasteiger partial charge in [-0.3, -0.25) is 9.00 Å². The lowest BCUT2D eigenvalue weighted by Gasteiger charge is -2.22. The second-order valence-electron chi connectivity index (χ2n) is 4.56. The first-order valence-corrected chi connectivity index (χ1v) is 8.55. The molecule has 0 aromatic heterocycles. The molecule has 0 unspecified atom stereocenters. The Morgan fingerprint density at radius 1 is 1.37 bits per heavy atom. The summed E-state index contributed by atoms with van der Waals surface area (Å²) in [6.07, 6.45) is 1.77. The van der Waals surface area contributed by atoms with E-state index >= 15 is 0 Å². The van der Waals surface area contributed by atoms with Crippen molar-refractivity contribution in [2.24, 2.45) is 0 Å². The van der Waals surface area contributed by atoms with Crippen molar-refractivity contribution in [1.29, 1.82) is 0 Å². The summed E-state index contributed by atoms with van der Waals surface area (Å²) in [6.45, 7) is 0.295. The van der Waals surface area contributed by atoms with Crippen molar-refractivity contribution in [3.05, 3.63) is 28.7 Å². The van der Waals surface area contributed by atoms with Gasteiger partial charge in [0, 0.05) is 38.5 Å². The van der Waals surface area contributed by atoms with Gasteiger partial charge in [-0.25, -0.2) is 0 Å². The summed E-state index contributed by atoms with van der Waals surface area (Å²) in [5.74, 6) is 1.43. The van der Waals surface area contributed by atoms with E-state index in [1.165, 1.54) is 0 Å². The maximum atomic E-state index is 11.8. The standard InChI is InChI=1S/C13H17BrN2O2S/c14-10-2-1-3-12(8-10)16-13(17)9-15-11-4-6-19(18)7-5-11/h1-3,8,11,15H,4-7,9H2,(H,16,17). The van der Waals surface area contributed by atoms with Gasteiger partial charge in [0.2, 0.25) is 5.91 Å². The summed E-state index contributed by atoms with van der Waals surface area (Å²) in [6, 6.07) is 7.82. The van der Waals surface area contributed by atoms with E-state index in [-0.39, 0.29) is 5.91 Å². The Hall–Kier alpha value is -0.720. The minimum Gasteiger partial charge on any atom is -0.325 e. The number of rotatable bonds is 4. The molecule has 1 amide bonds. The van der Waals surface area contributed by atoms with Crippen molar-refractivity contribution in [3.8, 4) is 0 Å². The Balaban J connectivity index is 1.74. The van der Waals surface area contributed by atoms with E-state index in [4.69, 9.17) is 0 Å². The van der Waals surface area contributed by atoms with Gasteiger partial charge in [-0.2, -0.15) is 0 Å². The SMILES string of the molecule is O=C(CNC1CCS(=O)CC1)Nc1cccc(Br)c1. The number of amides is 1. The number of hydrogen-bond acceptors (Lipinski definition) is 3. The molecule has 0 saturated carbocycles. The highest BCUT2D eigenvalue weighted by Crippen LogP contribution is 2.15. The molecule has 1 aromatic rings. The van der Waals surface area contributed by atoms with Crippen LogP contribution in [0.2, 0.25) is 0 Å². The molecule has 1 saturated heterocycles. The van der Waals surface area contributed by atoms with Crippen LogP contribution in [0.25, 0.3) is 0 Å². The van der Waals surface area contributed by atoms with E-state index in [9.17, 15) is 9.00 Å². The van der Waals surface area contributed by atoms with Crippen molar-refractivity contribution >= 4 is 38.3 Å². The van der Waals surface area contributed by atoms with Crippen LogP contribution in [0.4, 0.5) is 5.69 Å². The van der Waals surface area contributed by atoms with Crippen molar-refractivity contribution in [3.63, 3.8) is 0 Å². The molecule has 0 atom stereocenters. The lowest BCUT2D eigenvalue weighted by Crippen LogP contribution is -2.40. The lowest BCUT2D eigenvalue weighted by molar-refractivity contribution is -0.115. The molecule has 0 bridgehead atoms. The Morgan fingerprint density at radius 3 is 2.79 bits per heavy atom. The first-order valence-electron chi connectivity index (χ1n) is 6.27. The van der Waals surface area contributed by atoms with Crippen molar-refractivity contribution in [1.82, 2.24) is 5.32 Å². The third-order valence-electron chi connectivity index (χ3n) is 3.05. The van der Waals surface area contributed by atoms with Crippen molar-refractivity contribution < 1.29 is 9.00 Å². The fraction of sp³-hybridized carbons (Fsp3) is 0.462. The van der Waals surface area contributed by atoms with Crippen LogP contribution in [0, 0.1) is 0 Å². The average Bonchev–Trinajstić information content (AvgIpc) is 2.38. The zero-order valence-corrected chi connectivity index (χ0v) is 12.9. The molecule has 2 N–H and O–H groups in total. The summed E-state index contributed by atoms with van der Waals surface area (Å²) in [5.41, 5.74) is 0.783. The molecule has 1 aromatic carbocycles. The number of benzene rings is 1. The van der Waals surface area contributed by atoms with Crippen LogP contribution in [0.15, 0.2) is 28.7 Å². The van der Waals surface area contributed by atoms with E-state index in [1.807, 2.05) is 24.3 Å². The van der Waals surface area contributed by atoms with Gasteiger partial charge in [0.1, 0.15) is 0 Å². The second kappa shape index (κ2) is 7.17. The van der Waals surface area contributed by atoms with Crippen LogP contribution >= 0.6 is 15.9 Å².